The van der Waals surface area contributed by atoms with E-state index in [2.05, 4.69) is 9.97 Å². The molecule has 0 radical (unpaired) electrons. The van der Waals surface area contributed by atoms with E-state index in [0.29, 0.717) is 24.2 Å². The van der Waals surface area contributed by atoms with E-state index in [9.17, 15) is 18.0 Å². The maximum atomic E-state index is 13.3. The fraction of sp³-hybridized carbons (Fsp3) is 0.263. The second-order valence-electron chi connectivity index (χ2n) is 6.67. The summed E-state index contributed by atoms with van der Waals surface area (Å²) in [6.07, 6.45) is 1.46. The predicted octanol–water partition coefficient (Wildman–Crippen LogP) is 1.75. The first-order valence-corrected chi connectivity index (χ1v) is 10.3. The molecule has 2 N–H and O–H groups in total. The SMILES string of the molecule is COc1cccc(C2CCCN2S(=O)(=O)c2ccc3[nH]c(=O)c(=O)[nH]c3c2)c1. The van der Waals surface area contributed by atoms with Crippen LogP contribution < -0.4 is 15.9 Å². The number of aromatic nitrogens is 2. The standard InChI is InChI=1S/C19H19N3O5S/c1-27-13-5-2-4-12(10-13)17-6-3-9-22(17)28(25,26)14-7-8-15-16(11-14)21-19(24)18(23)20-15/h2,4-5,7-8,10-11,17H,3,6,9H2,1H3,(H,20,23)(H,21,24). The molecule has 1 saturated heterocycles. The normalized spacial score (nSPS) is 17.8. The van der Waals surface area contributed by atoms with Crippen molar-refractivity contribution in [2.24, 2.45) is 0 Å². The van der Waals surface area contributed by atoms with E-state index in [1.807, 2.05) is 24.3 Å². The Hall–Kier alpha value is -2.91. The highest BCUT2D eigenvalue weighted by molar-refractivity contribution is 7.89. The van der Waals surface area contributed by atoms with E-state index >= 15 is 0 Å². The molecule has 9 heteroatoms. The van der Waals surface area contributed by atoms with E-state index in [0.717, 1.165) is 12.0 Å². The van der Waals surface area contributed by atoms with Gasteiger partial charge in [0.15, 0.2) is 0 Å². The van der Waals surface area contributed by atoms with Crippen molar-refractivity contribution in [3.05, 3.63) is 68.7 Å². The molecule has 146 valence electrons. The van der Waals surface area contributed by atoms with Gasteiger partial charge in [0.2, 0.25) is 10.0 Å². The molecule has 2 heterocycles. The lowest BCUT2D eigenvalue weighted by molar-refractivity contribution is 0.390. The van der Waals surface area contributed by atoms with Crippen molar-refractivity contribution in [1.29, 1.82) is 0 Å². The third-order valence-corrected chi connectivity index (χ3v) is 6.89. The van der Waals surface area contributed by atoms with Crippen molar-refractivity contribution in [3.8, 4) is 5.75 Å². The molecule has 0 bridgehead atoms. The molecular weight excluding hydrogens is 382 g/mol. The summed E-state index contributed by atoms with van der Waals surface area (Å²) in [5.74, 6) is 0.675. The van der Waals surface area contributed by atoms with Crippen LogP contribution in [0.5, 0.6) is 5.75 Å². The smallest absolute Gasteiger partial charge is 0.314 e. The molecule has 4 rings (SSSR count). The summed E-state index contributed by atoms with van der Waals surface area (Å²) < 4.78 is 33.3. The van der Waals surface area contributed by atoms with Gasteiger partial charge in [-0.2, -0.15) is 4.31 Å². The fourth-order valence-electron chi connectivity index (χ4n) is 3.60. The number of nitrogens with zero attached hydrogens (tertiary/aromatic N) is 1. The zero-order chi connectivity index (χ0) is 19.9. The Morgan fingerprint density at radius 2 is 1.79 bits per heavy atom. The van der Waals surface area contributed by atoms with Gasteiger partial charge >= 0.3 is 11.1 Å². The number of benzene rings is 2. The van der Waals surface area contributed by atoms with Crippen LogP contribution in [0, 0.1) is 0 Å². The Morgan fingerprint density at radius 1 is 1.04 bits per heavy atom. The lowest BCUT2D eigenvalue weighted by Crippen LogP contribution is -2.31. The van der Waals surface area contributed by atoms with Crippen LogP contribution in [0.4, 0.5) is 0 Å². The minimum atomic E-state index is -3.79. The van der Waals surface area contributed by atoms with Gasteiger partial charge in [0.05, 0.1) is 29.1 Å². The Morgan fingerprint density at radius 3 is 2.54 bits per heavy atom. The zero-order valence-electron chi connectivity index (χ0n) is 15.1. The van der Waals surface area contributed by atoms with Crippen molar-refractivity contribution in [3.63, 3.8) is 0 Å². The monoisotopic (exact) mass is 401 g/mol. The number of methoxy groups -OCH3 is 1. The summed E-state index contributed by atoms with van der Waals surface area (Å²) >= 11 is 0. The average Bonchev–Trinajstić information content (AvgIpc) is 3.19. The molecule has 1 aliphatic heterocycles. The molecule has 28 heavy (non-hydrogen) atoms. The van der Waals surface area contributed by atoms with E-state index in [4.69, 9.17) is 4.74 Å². The molecule has 2 aromatic carbocycles. The average molecular weight is 401 g/mol. The maximum Gasteiger partial charge on any atom is 0.314 e. The summed E-state index contributed by atoms with van der Waals surface area (Å²) in [7, 11) is -2.22. The fourth-order valence-corrected chi connectivity index (χ4v) is 5.31. The molecule has 1 aliphatic rings. The summed E-state index contributed by atoms with van der Waals surface area (Å²) in [6, 6.07) is 11.4. The van der Waals surface area contributed by atoms with Crippen LogP contribution in [-0.2, 0) is 10.0 Å². The first kappa shape index (κ1) is 18.5. The van der Waals surface area contributed by atoms with E-state index in [-0.39, 0.29) is 16.5 Å². The van der Waals surface area contributed by atoms with Crippen molar-refractivity contribution >= 4 is 21.1 Å². The number of aromatic amines is 2. The van der Waals surface area contributed by atoms with Gasteiger partial charge in [-0.05, 0) is 48.7 Å². The van der Waals surface area contributed by atoms with Gasteiger partial charge < -0.3 is 14.7 Å². The highest BCUT2D eigenvalue weighted by Gasteiger charge is 2.36. The van der Waals surface area contributed by atoms with Gasteiger partial charge in [-0.1, -0.05) is 12.1 Å². The molecule has 8 nitrogen and oxygen atoms in total. The molecule has 0 amide bonds. The van der Waals surface area contributed by atoms with Crippen LogP contribution >= 0.6 is 0 Å². The summed E-state index contributed by atoms with van der Waals surface area (Å²) in [5.41, 5.74) is -0.0886. The molecule has 1 unspecified atom stereocenters. The number of nitrogens with one attached hydrogen (secondary N) is 2. The predicted molar refractivity (Wildman–Crippen MR) is 104 cm³/mol. The Labute approximate surface area is 160 Å². The number of hydrogen-bond acceptors (Lipinski definition) is 5. The summed E-state index contributed by atoms with van der Waals surface area (Å²) in [5, 5.41) is 0. The van der Waals surface area contributed by atoms with E-state index in [1.54, 1.807) is 7.11 Å². The van der Waals surface area contributed by atoms with Gasteiger partial charge in [-0.3, -0.25) is 9.59 Å². The van der Waals surface area contributed by atoms with Crippen molar-refractivity contribution in [2.75, 3.05) is 13.7 Å². The number of rotatable bonds is 4. The molecule has 0 aliphatic carbocycles. The number of ether oxygens (including phenoxy) is 1. The third-order valence-electron chi connectivity index (χ3n) is 4.98. The minimum absolute atomic E-state index is 0.0671. The molecule has 1 fully saturated rings. The summed E-state index contributed by atoms with van der Waals surface area (Å²) in [4.78, 5) is 27.9. The highest BCUT2D eigenvalue weighted by atomic mass is 32.2. The number of hydrogen-bond donors (Lipinski definition) is 2. The molecule has 3 aromatic rings. The molecule has 0 saturated carbocycles. The number of fused-ring (bicyclic) bond motifs is 1. The minimum Gasteiger partial charge on any atom is -0.497 e. The topological polar surface area (TPSA) is 112 Å². The largest absolute Gasteiger partial charge is 0.497 e. The lowest BCUT2D eigenvalue weighted by atomic mass is 10.1. The highest BCUT2D eigenvalue weighted by Crippen LogP contribution is 2.37. The van der Waals surface area contributed by atoms with Crippen LogP contribution in [0.15, 0.2) is 56.9 Å². The number of H-pyrrole nitrogens is 2. The van der Waals surface area contributed by atoms with Crippen LogP contribution in [0.3, 0.4) is 0 Å². The van der Waals surface area contributed by atoms with Crippen LogP contribution in [0.25, 0.3) is 11.0 Å². The van der Waals surface area contributed by atoms with Crippen molar-refractivity contribution in [1.82, 2.24) is 14.3 Å². The Kier molecular flexibility index (Phi) is 4.56. The first-order valence-electron chi connectivity index (χ1n) is 8.82. The Balaban J connectivity index is 1.76. The molecular formula is C19H19N3O5S. The van der Waals surface area contributed by atoms with Crippen LogP contribution in [0.1, 0.15) is 24.4 Å². The van der Waals surface area contributed by atoms with Crippen molar-refractivity contribution < 1.29 is 13.2 Å². The Bertz CT molecular complexity index is 1260. The lowest BCUT2D eigenvalue weighted by Gasteiger charge is -2.25. The van der Waals surface area contributed by atoms with Gasteiger partial charge in [-0.15, -0.1) is 0 Å². The van der Waals surface area contributed by atoms with E-state index in [1.165, 1.54) is 22.5 Å². The maximum absolute atomic E-state index is 13.3. The molecule has 0 spiro atoms. The third kappa shape index (κ3) is 3.12. The van der Waals surface area contributed by atoms with Gasteiger partial charge in [0.1, 0.15) is 5.75 Å². The zero-order valence-corrected chi connectivity index (χ0v) is 16.0. The number of sulfonamides is 1. The van der Waals surface area contributed by atoms with Gasteiger partial charge in [0.25, 0.3) is 0 Å². The quantitative estimate of drug-likeness (QED) is 0.647. The van der Waals surface area contributed by atoms with Gasteiger partial charge in [-0.25, -0.2) is 8.42 Å². The van der Waals surface area contributed by atoms with Crippen molar-refractivity contribution in [2.45, 2.75) is 23.8 Å². The van der Waals surface area contributed by atoms with Crippen LogP contribution in [-0.4, -0.2) is 36.3 Å². The second kappa shape index (κ2) is 6.92. The second-order valence-corrected chi connectivity index (χ2v) is 8.56. The van der Waals surface area contributed by atoms with Crippen LogP contribution in [0.2, 0.25) is 0 Å². The molecule has 1 atom stereocenters. The van der Waals surface area contributed by atoms with E-state index < -0.39 is 21.1 Å². The first-order chi connectivity index (χ1) is 13.4. The summed E-state index contributed by atoms with van der Waals surface area (Å²) in [6.45, 7) is 0.407. The van der Waals surface area contributed by atoms with Gasteiger partial charge in [0, 0.05) is 6.54 Å². The molecule has 1 aromatic heterocycles.